The lowest BCUT2D eigenvalue weighted by atomic mass is 10.1. The van der Waals surface area contributed by atoms with Crippen molar-refractivity contribution < 1.29 is 19.2 Å². The molecule has 0 unspecified atom stereocenters. The zero-order chi connectivity index (χ0) is 14.7. The van der Waals surface area contributed by atoms with E-state index in [1.54, 1.807) is 30.5 Å². The Labute approximate surface area is 114 Å². The van der Waals surface area contributed by atoms with Crippen LogP contribution in [0.1, 0.15) is 15.9 Å². The molecular weight excluding hydrogens is 264 g/mol. The predicted octanol–water partition coefficient (Wildman–Crippen LogP) is 2.52. The first-order valence-corrected chi connectivity index (χ1v) is 5.73. The van der Waals surface area contributed by atoms with E-state index in [1.807, 2.05) is 0 Å². The highest BCUT2D eigenvalue weighted by Gasteiger charge is 2.20. The summed E-state index contributed by atoms with van der Waals surface area (Å²) in [6, 6.07) is 5.80. The summed E-state index contributed by atoms with van der Waals surface area (Å²) in [5.74, 6) is -1.32. The molecule has 0 aliphatic heterocycles. The molecular formula is C13H12N2O5. The number of anilines is 1. The number of nitro benzene ring substituents is 1. The maximum absolute atomic E-state index is 11.1. The van der Waals surface area contributed by atoms with E-state index in [4.69, 9.17) is 9.52 Å². The molecule has 0 spiro atoms. The second kappa shape index (κ2) is 5.43. The monoisotopic (exact) mass is 276 g/mol. The number of carboxylic acids is 1. The van der Waals surface area contributed by atoms with Crippen molar-refractivity contribution in [3.05, 3.63) is 58.0 Å². The van der Waals surface area contributed by atoms with Crippen LogP contribution in [0.2, 0.25) is 0 Å². The number of hydrogen-bond donors (Lipinski definition) is 1. The van der Waals surface area contributed by atoms with Crippen molar-refractivity contribution >= 4 is 17.3 Å². The molecule has 0 aliphatic carbocycles. The van der Waals surface area contributed by atoms with Crippen LogP contribution in [-0.2, 0) is 6.54 Å². The van der Waals surface area contributed by atoms with Gasteiger partial charge in [0.05, 0.1) is 17.4 Å². The van der Waals surface area contributed by atoms with Crippen LogP contribution in [0.3, 0.4) is 0 Å². The Morgan fingerprint density at radius 2 is 2.20 bits per heavy atom. The second-order valence-electron chi connectivity index (χ2n) is 4.25. The molecule has 2 aromatic rings. The molecule has 7 heteroatoms. The van der Waals surface area contributed by atoms with Crippen molar-refractivity contribution in [2.24, 2.45) is 0 Å². The molecule has 0 atom stereocenters. The van der Waals surface area contributed by atoms with Crippen molar-refractivity contribution in [3.8, 4) is 0 Å². The largest absolute Gasteiger partial charge is 0.477 e. The minimum Gasteiger partial charge on any atom is -0.477 e. The number of aromatic carboxylic acids is 1. The van der Waals surface area contributed by atoms with Crippen molar-refractivity contribution in [1.82, 2.24) is 0 Å². The van der Waals surface area contributed by atoms with E-state index >= 15 is 0 Å². The van der Waals surface area contributed by atoms with Gasteiger partial charge in [-0.2, -0.15) is 0 Å². The number of rotatable bonds is 5. The number of furan rings is 1. The number of nitrogens with zero attached hydrogens (tertiary/aromatic N) is 2. The lowest BCUT2D eigenvalue weighted by Gasteiger charge is -2.18. The van der Waals surface area contributed by atoms with Gasteiger partial charge in [0.25, 0.3) is 5.69 Å². The highest BCUT2D eigenvalue weighted by molar-refractivity contribution is 5.93. The van der Waals surface area contributed by atoms with Crippen LogP contribution in [0.4, 0.5) is 11.4 Å². The maximum atomic E-state index is 11.1. The second-order valence-corrected chi connectivity index (χ2v) is 4.25. The third-order valence-electron chi connectivity index (χ3n) is 2.85. The van der Waals surface area contributed by atoms with Crippen molar-refractivity contribution in [3.63, 3.8) is 0 Å². The first-order valence-electron chi connectivity index (χ1n) is 5.73. The minimum absolute atomic E-state index is 0.327. The van der Waals surface area contributed by atoms with Crippen LogP contribution in [0, 0.1) is 10.1 Å². The average Bonchev–Trinajstić information content (AvgIpc) is 2.90. The average molecular weight is 276 g/mol. The van der Waals surface area contributed by atoms with Gasteiger partial charge in [-0.1, -0.05) is 0 Å². The zero-order valence-corrected chi connectivity index (χ0v) is 10.6. The molecule has 0 saturated carbocycles. The number of benzene rings is 1. The van der Waals surface area contributed by atoms with Crippen LogP contribution in [-0.4, -0.2) is 23.0 Å². The molecule has 1 aromatic carbocycles. The van der Waals surface area contributed by atoms with Gasteiger partial charge in [-0.3, -0.25) is 10.1 Å². The summed E-state index contributed by atoms with van der Waals surface area (Å²) >= 11 is 0. The Morgan fingerprint density at radius 3 is 2.75 bits per heavy atom. The fourth-order valence-corrected chi connectivity index (χ4v) is 1.84. The molecule has 0 radical (unpaired) electrons. The Kier molecular flexibility index (Phi) is 3.69. The quantitative estimate of drug-likeness (QED) is 0.665. The highest BCUT2D eigenvalue weighted by atomic mass is 16.6. The summed E-state index contributed by atoms with van der Waals surface area (Å²) in [5.41, 5.74) is 0.751. The SMILES string of the molecule is CN(Cc1ccoc1)c1ccc([N+](=O)[O-])c(C(=O)O)c1. The van der Waals surface area contributed by atoms with Crippen LogP contribution in [0.5, 0.6) is 0 Å². The van der Waals surface area contributed by atoms with Gasteiger partial charge in [0.15, 0.2) is 0 Å². The predicted molar refractivity (Wildman–Crippen MR) is 70.9 cm³/mol. The van der Waals surface area contributed by atoms with Crippen LogP contribution >= 0.6 is 0 Å². The van der Waals surface area contributed by atoms with Gasteiger partial charge >= 0.3 is 5.97 Å². The van der Waals surface area contributed by atoms with Gasteiger partial charge in [-0.05, 0) is 18.2 Å². The molecule has 7 nitrogen and oxygen atoms in total. The zero-order valence-electron chi connectivity index (χ0n) is 10.6. The number of carboxylic acid groups (broad SMARTS) is 1. The fourth-order valence-electron chi connectivity index (χ4n) is 1.84. The normalized spacial score (nSPS) is 10.2. The van der Waals surface area contributed by atoms with Gasteiger partial charge < -0.3 is 14.4 Å². The third-order valence-corrected chi connectivity index (χ3v) is 2.85. The minimum atomic E-state index is -1.32. The van der Waals surface area contributed by atoms with E-state index in [2.05, 4.69) is 0 Å². The molecule has 1 N–H and O–H groups in total. The smallest absolute Gasteiger partial charge is 0.342 e. The van der Waals surface area contributed by atoms with Gasteiger partial charge in [0.2, 0.25) is 0 Å². The van der Waals surface area contributed by atoms with E-state index in [-0.39, 0.29) is 5.56 Å². The molecule has 0 bridgehead atoms. The molecule has 2 rings (SSSR count). The van der Waals surface area contributed by atoms with Crippen LogP contribution in [0.15, 0.2) is 41.2 Å². The highest BCUT2D eigenvalue weighted by Crippen LogP contribution is 2.25. The Morgan fingerprint density at radius 1 is 1.45 bits per heavy atom. The third kappa shape index (κ3) is 2.77. The summed E-state index contributed by atoms with van der Waals surface area (Å²) in [7, 11) is 1.76. The molecule has 20 heavy (non-hydrogen) atoms. The number of carbonyl (C=O) groups is 1. The van der Waals surface area contributed by atoms with Crippen molar-refractivity contribution in [1.29, 1.82) is 0 Å². The molecule has 1 heterocycles. The van der Waals surface area contributed by atoms with Crippen LogP contribution in [0.25, 0.3) is 0 Å². The van der Waals surface area contributed by atoms with Crippen LogP contribution < -0.4 is 4.90 Å². The summed E-state index contributed by atoms with van der Waals surface area (Å²) in [5, 5.41) is 19.8. The van der Waals surface area contributed by atoms with E-state index in [0.717, 1.165) is 5.56 Å². The van der Waals surface area contributed by atoms with Gasteiger partial charge in [-0.25, -0.2) is 4.79 Å². The standard InChI is InChI=1S/C13H12N2O5/c1-14(7-9-4-5-20-8-9)10-2-3-12(15(18)19)11(6-10)13(16)17/h2-6,8H,7H2,1H3,(H,16,17). The van der Waals surface area contributed by atoms with Gasteiger partial charge in [0.1, 0.15) is 5.56 Å². The molecule has 1 aromatic heterocycles. The number of hydrogen-bond acceptors (Lipinski definition) is 5. The van der Waals surface area contributed by atoms with Crippen molar-refractivity contribution in [2.45, 2.75) is 6.54 Å². The van der Waals surface area contributed by atoms with Gasteiger partial charge in [0, 0.05) is 30.9 Å². The van der Waals surface area contributed by atoms with Crippen molar-refractivity contribution in [2.75, 3.05) is 11.9 Å². The lowest BCUT2D eigenvalue weighted by molar-refractivity contribution is -0.385. The first-order chi connectivity index (χ1) is 9.49. The number of nitro groups is 1. The Balaban J connectivity index is 2.31. The Hall–Kier alpha value is -2.83. The van der Waals surface area contributed by atoms with Gasteiger partial charge in [-0.15, -0.1) is 0 Å². The Bertz CT molecular complexity index is 636. The summed E-state index contributed by atoms with van der Waals surface area (Å²) in [4.78, 5) is 22.9. The molecule has 104 valence electrons. The topological polar surface area (TPSA) is 96.8 Å². The van der Waals surface area contributed by atoms with E-state index in [9.17, 15) is 14.9 Å². The summed E-state index contributed by atoms with van der Waals surface area (Å²) in [6.45, 7) is 0.507. The fraction of sp³-hybridized carbons (Fsp3) is 0.154. The molecule has 0 amide bonds. The summed E-state index contributed by atoms with van der Waals surface area (Å²) in [6.07, 6.45) is 3.13. The molecule has 0 fully saturated rings. The molecule has 0 saturated heterocycles. The van der Waals surface area contributed by atoms with E-state index in [1.165, 1.54) is 18.2 Å². The summed E-state index contributed by atoms with van der Waals surface area (Å²) < 4.78 is 4.95. The molecule has 0 aliphatic rings. The van der Waals surface area contributed by atoms with E-state index in [0.29, 0.717) is 12.2 Å². The van der Waals surface area contributed by atoms with E-state index < -0.39 is 16.6 Å². The first kappa shape index (κ1) is 13.6. The lowest BCUT2D eigenvalue weighted by Crippen LogP contribution is -2.16. The maximum Gasteiger partial charge on any atom is 0.342 e.